The maximum atomic E-state index is 11.9. The van der Waals surface area contributed by atoms with E-state index in [1.54, 1.807) is 0 Å². The van der Waals surface area contributed by atoms with Crippen LogP contribution in [0.1, 0.15) is 12.8 Å². The fourth-order valence-corrected chi connectivity index (χ4v) is 0.764. The predicted octanol–water partition coefficient (Wildman–Crippen LogP) is -1.06. The largest absolute Gasteiger partial charge is 0.550 e. The molecule has 0 aliphatic heterocycles. The number of carbonyl (C=O) groups is 1. The molecule has 0 unspecified atom stereocenters. The minimum absolute atomic E-state index is 0.337. The smallest absolute Gasteiger partial charge is 0.397 e. The molecule has 0 fully saturated rings. The van der Waals surface area contributed by atoms with Gasteiger partial charge in [-0.25, -0.2) is 0 Å². The van der Waals surface area contributed by atoms with Crippen molar-refractivity contribution in [3.63, 3.8) is 0 Å². The van der Waals surface area contributed by atoms with E-state index in [0.717, 1.165) is 0 Å². The minimum Gasteiger partial charge on any atom is -0.550 e. The molecule has 0 aliphatic rings. The molecule has 0 saturated carbocycles. The molecule has 1 atom stereocenters. The second kappa shape index (κ2) is 4.30. The molecule has 3 N–H and O–H groups in total. The number of carboxylic acids is 1. The molecule has 0 heterocycles. The van der Waals surface area contributed by atoms with Gasteiger partial charge in [0.05, 0.1) is 6.54 Å². The Bertz CT molecular complexity index is 157. The summed E-state index contributed by atoms with van der Waals surface area (Å²) in [6.07, 6.45) is -5.37. The Kier molecular flexibility index (Phi) is 4.02. The summed E-state index contributed by atoms with van der Waals surface area (Å²) in [4.78, 5) is 9.85. The molecule has 72 valence electrons. The van der Waals surface area contributed by atoms with E-state index in [1.807, 2.05) is 0 Å². The van der Waals surface area contributed by atoms with Crippen molar-refractivity contribution in [3.05, 3.63) is 0 Å². The number of halogens is 3. The van der Waals surface area contributed by atoms with E-state index in [1.165, 1.54) is 0 Å². The van der Waals surface area contributed by atoms with Crippen LogP contribution < -0.4 is 10.8 Å². The number of hydrogen-bond acceptors (Lipinski definition) is 2. The molecule has 0 aliphatic carbocycles. The van der Waals surface area contributed by atoms with Crippen LogP contribution in [0.15, 0.2) is 0 Å². The van der Waals surface area contributed by atoms with Gasteiger partial charge in [0, 0.05) is 5.97 Å². The van der Waals surface area contributed by atoms with Gasteiger partial charge in [0.15, 0.2) is 0 Å². The van der Waals surface area contributed by atoms with Gasteiger partial charge in [-0.15, -0.1) is 0 Å². The summed E-state index contributed by atoms with van der Waals surface area (Å²) in [5, 5.41) is 9.85. The highest BCUT2D eigenvalue weighted by molar-refractivity contribution is 5.64. The molecule has 0 amide bonds. The zero-order valence-electron chi connectivity index (χ0n) is 6.36. The lowest BCUT2D eigenvalue weighted by Gasteiger charge is -2.16. The molecule has 12 heavy (non-hydrogen) atoms. The van der Waals surface area contributed by atoms with E-state index in [4.69, 9.17) is 0 Å². The maximum absolute atomic E-state index is 11.9. The van der Waals surface area contributed by atoms with Gasteiger partial charge in [-0.05, 0) is 12.8 Å². The average molecular weight is 185 g/mol. The van der Waals surface area contributed by atoms with Crippen LogP contribution in [-0.2, 0) is 4.79 Å². The Labute approximate surface area is 67.4 Å². The Balaban J connectivity index is 3.92. The van der Waals surface area contributed by atoms with Crippen molar-refractivity contribution >= 4 is 5.97 Å². The summed E-state index contributed by atoms with van der Waals surface area (Å²) in [6, 6.07) is 0. The fraction of sp³-hybridized carbons (Fsp3) is 0.833. The van der Waals surface area contributed by atoms with E-state index in [-0.39, 0.29) is 6.54 Å². The zero-order valence-corrected chi connectivity index (χ0v) is 6.36. The lowest BCUT2D eigenvalue weighted by Crippen LogP contribution is -2.56. The fourth-order valence-electron chi connectivity index (χ4n) is 0.764. The van der Waals surface area contributed by atoms with Gasteiger partial charge in [0.1, 0.15) is 5.92 Å². The highest BCUT2D eigenvalue weighted by Crippen LogP contribution is 2.28. The summed E-state index contributed by atoms with van der Waals surface area (Å²) in [5.41, 5.74) is 3.10. The quantitative estimate of drug-likeness (QED) is 0.606. The highest BCUT2D eigenvalue weighted by atomic mass is 19.4. The normalized spacial score (nSPS) is 14.3. The van der Waals surface area contributed by atoms with Gasteiger partial charge < -0.3 is 15.6 Å². The van der Waals surface area contributed by atoms with Crippen molar-refractivity contribution in [2.75, 3.05) is 6.54 Å². The van der Waals surface area contributed by atoms with Crippen LogP contribution in [0.5, 0.6) is 0 Å². The van der Waals surface area contributed by atoms with Gasteiger partial charge in [-0.2, -0.15) is 13.2 Å². The first-order valence-electron chi connectivity index (χ1n) is 3.43. The van der Waals surface area contributed by atoms with Gasteiger partial charge >= 0.3 is 6.18 Å². The molecule has 0 rings (SSSR count). The molecule has 0 bridgehead atoms. The van der Waals surface area contributed by atoms with Crippen LogP contribution in [0.2, 0.25) is 0 Å². The SMILES string of the molecule is [NH3+]C[C@@H](CCC(=O)[O-])C(F)(F)F. The highest BCUT2D eigenvalue weighted by Gasteiger charge is 2.39. The summed E-state index contributed by atoms with van der Waals surface area (Å²) in [7, 11) is 0. The summed E-state index contributed by atoms with van der Waals surface area (Å²) >= 11 is 0. The first kappa shape index (κ1) is 11.2. The number of hydrogen-bond donors (Lipinski definition) is 1. The topological polar surface area (TPSA) is 67.8 Å². The van der Waals surface area contributed by atoms with Crippen LogP contribution >= 0.6 is 0 Å². The summed E-state index contributed by atoms with van der Waals surface area (Å²) in [6.45, 7) is -0.337. The van der Waals surface area contributed by atoms with Gasteiger partial charge in [-0.3, -0.25) is 0 Å². The van der Waals surface area contributed by atoms with Crippen molar-refractivity contribution in [1.29, 1.82) is 0 Å². The molecule has 0 spiro atoms. The maximum Gasteiger partial charge on any atom is 0.397 e. The monoisotopic (exact) mass is 185 g/mol. The number of rotatable bonds is 4. The number of quaternary nitrogens is 1. The Morgan fingerprint density at radius 2 is 2.00 bits per heavy atom. The lowest BCUT2D eigenvalue weighted by molar-refractivity contribution is -0.398. The first-order valence-corrected chi connectivity index (χ1v) is 3.43. The van der Waals surface area contributed by atoms with Gasteiger partial charge in [0.2, 0.25) is 0 Å². The Morgan fingerprint density at radius 1 is 1.50 bits per heavy atom. The van der Waals surface area contributed by atoms with Gasteiger partial charge in [-0.1, -0.05) is 0 Å². The molecular weight excluding hydrogens is 175 g/mol. The van der Waals surface area contributed by atoms with Crippen molar-refractivity contribution in [2.45, 2.75) is 19.0 Å². The molecule has 0 radical (unpaired) electrons. The van der Waals surface area contributed by atoms with Crippen LogP contribution in [0, 0.1) is 5.92 Å². The lowest BCUT2D eigenvalue weighted by atomic mass is 10.0. The molecule has 0 saturated heterocycles. The van der Waals surface area contributed by atoms with Gasteiger partial charge in [0.25, 0.3) is 0 Å². The second-order valence-corrected chi connectivity index (χ2v) is 2.44. The molecule has 6 heteroatoms. The van der Waals surface area contributed by atoms with E-state index in [0.29, 0.717) is 0 Å². The summed E-state index contributed by atoms with van der Waals surface area (Å²) < 4.78 is 35.8. The minimum atomic E-state index is -4.35. The van der Waals surface area contributed by atoms with E-state index in [2.05, 4.69) is 5.73 Å². The third kappa shape index (κ3) is 4.17. The van der Waals surface area contributed by atoms with Crippen LogP contribution in [-0.4, -0.2) is 18.7 Å². The number of carbonyl (C=O) groups excluding carboxylic acids is 1. The Morgan fingerprint density at radius 3 is 2.25 bits per heavy atom. The average Bonchev–Trinajstić information content (AvgIpc) is 1.85. The third-order valence-corrected chi connectivity index (χ3v) is 1.51. The molecule has 0 aromatic heterocycles. The molecular formula is C6H10F3NO2. The number of carboxylic acid groups (broad SMARTS) is 1. The summed E-state index contributed by atoms with van der Waals surface area (Å²) in [5.74, 6) is -3.09. The van der Waals surface area contributed by atoms with Crippen molar-refractivity contribution in [3.8, 4) is 0 Å². The van der Waals surface area contributed by atoms with Crippen LogP contribution in [0.3, 0.4) is 0 Å². The third-order valence-electron chi connectivity index (χ3n) is 1.51. The number of aliphatic carboxylic acids is 1. The van der Waals surface area contributed by atoms with Crippen LogP contribution in [0.4, 0.5) is 13.2 Å². The van der Waals surface area contributed by atoms with Crippen molar-refractivity contribution in [2.24, 2.45) is 5.92 Å². The molecule has 0 aromatic rings. The van der Waals surface area contributed by atoms with Crippen molar-refractivity contribution < 1.29 is 28.8 Å². The van der Waals surface area contributed by atoms with Crippen molar-refractivity contribution in [1.82, 2.24) is 0 Å². The van der Waals surface area contributed by atoms with E-state index in [9.17, 15) is 23.1 Å². The standard InChI is InChI=1S/C6H10F3NO2/c7-6(8,9)4(3-10)1-2-5(11)12/h4H,1-3,10H2,(H,11,12)/t4-/m1/s1. The van der Waals surface area contributed by atoms with E-state index < -0.39 is 30.9 Å². The predicted molar refractivity (Wildman–Crippen MR) is 31.5 cm³/mol. The van der Waals surface area contributed by atoms with E-state index >= 15 is 0 Å². The van der Waals surface area contributed by atoms with Crippen LogP contribution in [0.25, 0.3) is 0 Å². The first-order chi connectivity index (χ1) is 5.38. The second-order valence-electron chi connectivity index (χ2n) is 2.44. The molecule has 3 nitrogen and oxygen atoms in total. The zero-order chi connectivity index (χ0) is 9.78. The Hall–Kier alpha value is -0.780. The number of alkyl halides is 3. The molecule has 0 aromatic carbocycles.